The summed E-state index contributed by atoms with van der Waals surface area (Å²) in [6, 6.07) is 10.0. The van der Waals surface area contributed by atoms with Crippen molar-refractivity contribution < 1.29 is 14.2 Å². The van der Waals surface area contributed by atoms with Crippen LogP contribution in [0.2, 0.25) is 0 Å². The topological polar surface area (TPSA) is 55.9 Å². The number of benzene rings is 1. The maximum absolute atomic E-state index is 5.37. The lowest BCUT2D eigenvalue weighted by molar-refractivity contribution is 0.122. The van der Waals surface area contributed by atoms with Crippen molar-refractivity contribution in [3.05, 3.63) is 42.1 Å². The van der Waals surface area contributed by atoms with Crippen LogP contribution in [-0.2, 0) is 11.3 Å². The number of pyridine rings is 1. The van der Waals surface area contributed by atoms with Crippen molar-refractivity contribution in [1.82, 2.24) is 4.98 Å². The molecular formula is C18H23N3O3. The third-order valence-corrected chi connectivity index (χ3v) is 4.03. The van der Waals surface area contributed by atoms with Crippen LogP contribution in [0.25, 0.3) is 0 Å². The molecule has 0 amide bonds. The minimum atomic E-state index is 0.693. The number of hydrogen-bond donors (Lipinski definition) is 1. The van der Waals surface area contributed by atoms with Gasteiger partial charge in [0.15, 0.2) is 11.5 Å². The van der Waals surface area contributed by atoms with Gasteiger partial charge in [0.05, 0.1) is 39.3 Å². The molecule has 6 heteroatoms. The Morgan fingerprint density at radius 2 is 1.88 bits per heavy atom. The SMILES string of the molecule is COc1ccc(CNc2ccc(N3CCOCC3)nc2)cc1OC. The van der Waals surface area contributed by atoms with E-state index in [2.05, 4.69) is 21.3 Å². The van der Waals surface area contributed by atoms with Gasteiger partial charge in [-0.05, 0) is 29.8 Å². The average molecular weight is 329 g/mol. The monoisotopic (exact) mass is 329 g/mol. The van der Waals surface area contributed by atoms with E-state index in [1.807, 2.05) is 30.5 Å². The van der Waals surface area contributed by atoms with Crippen molar-refractivity contribution in [1.29, 1.82) is 0 Å². The highest BCUT2D eigenvalue weighted by Crippen LogP contribution is 2.27. The number of nitrogens with zero attached hydrogens (tertiary/aromatic N) is 2. The van der Waals surface area contributed by atoms with Crippen LogP contribution in [0.4, 0.5) is 11.5 Å². The fourth-order valence-electron chi connectivity index (χ4n) is 2.66. The van der Waals surface area contributed by atoms with Gasteiger partial charge in [0.1, 0.15) is 5.82 Å². The van der Waals surface area contributed by atoms with Crippen LogP contribution < -0.4 is 19.7 Å². The molecule has 1 N–H and O–H groups in total. The summed E-state index contributed by atoms with van der Waals surface area (Å²) in [4.78, 5) is 6.78. The summed E-state index contributed by atoms with van der Waals surface area (Å²) >= 11 is 0. The van der Waals surface area contributed by atoms with Crippen LogP contribution in [0.15, 0.2) is 36.5 Å². The van der Waals surface area contributed by atoms with Crippen LogP contribution in [0.3, 0.4) is 0 Å². The molecule has 1 aliphatic rings. The quantitative estimate of drug-likeness (QED) is 0.879. The van der Waals surface area contributed by atoms with Gasteiger partial charge in [-0.15, -0.1) is 0 Å². The highest BCUT2D eigenvalue weighted by Gasteiger charge is 2.12. The van der Waals surface area contributed by atoms with Crippen LogP contribution in [-0.4, -0.2) is 45.5 Å². The van der Waals surface area contributed by atoms with Gasteiger partial charge in [-0.3, -0.25) is 0 Å². The summed E-state index contributed by atoms with van der Waals surface area (Å²) in [5, 5.41) is 3.38. The molecule has 0 atom stereocenters. The molecule has 0 radical (unpaired) electrons. The number of aromatic nitrogens is 1. The second-order valence-corrected chi connectivity index (χ2v) is 5.55. The van der Waals surface area contributed by atoms with Crippen molar-refractivity contribution in [3.8, 4) is 11.5 Å². The Morgan fingerprint density at radius 1 is 1.08 bits per heavy atom. The van der Waals surface area contributed by atoms with Crippen LogP contribution in [0, 0.1) is 0 Å². The molecule has 0 aliphatic carbocycles. The van der Waals surface area contributed by atoms with Crippen molar-refractivity contribution in [2.45, 2.75) is 6.54 Å². The predicted octanol–water partition coefficient (Wildman–Crippen LogP) is 2.55. The highest BCUT2D eigenvalue weighted by atomic mass is 16.5. The molecule has 1 fully saturated rings. The van der Waals surface area contributed by atoms with Gasteiger partial charge >= 0.3 is 0 Å². The Balaban J connectivity index is 1.60. The van der Waals surface area contributed by atoms with Crippen LogP contribution >= 0.6 is 0 Å². The molecule has 2 aromatic rings. The second-order valence-electron chi connectivity index (χ2n) is 5.55. The lowest BCUT2D eigenvalue weighted by Crippen LogP contribution is -2.36. The third-order valence-electron chi connectivity index (χ3n) is 4.03. The molecule has 0 saturated carbocycles. The molecule has 0 unspecified atom stereocenters. The number of anilines is 2. The highest BCUT2D eigenvalue weighted by molar-refractivity contribution is 5.50. The summed E-state index contributed by atoms with van der Waals surface area (Å²) in [6.45, 7) is 4.01. The van der Waals surface area contributed by atoms with E-state index in [0.717, 1.165) is 54.9 Å². The molecule has 1 aliphatic heterocycles. The number of methoxy groups -OCH3 is 2. The van der Waals surface area contributed by atoms with Gasteiger partial charge in [0.2, 0.25) is 0 Å². The molecule has 1 aromatic carbocycles. The van der Waals surface area contributed by atoms with E-state index in [4.69, 9.17) is 14.2 Å². The second kappa shape index (κ2) is 7.88. The summed E-state index contributed by atoms with van der Waals surface area (Å²) in [6.07, 6.45) is 1.87. The third kappa shape index (κ3) is 3.89. The minimum Gasteiger partial charge on any atom is -0.493 e. The Morgan fingerprint density at radius 3 is 2.54 bits per heavy atom. The predicted molar refractivity (Wildman–Crippen MR) is 94.1 cm³/mol. The molecule has 128 valence electrons. The first kappa shape index (κ1) is 16.4. The van der Waals surface area contributed by atoms with E-state index < -0.39 is 0 Å². The number of rotatable bonds is 6. The molecule has 6 nitrogen and oxygen atoms in total. The smallest absolute Gasteiger partial charge is 0.161 e. The number of hydrogen-bond acceptors (Lipinski definition) is 6. The van der Waals surface area contributed by atoms with Crippen molar-refractivity contribution in [2.24, 2.45) is 0 Å². The van der Waals surface area contributed by atoms with Crippen molar-refractivity contribution in [3.63, 3.8) is 0 Å². The lowest BCUT2D eigenvalue weighted by Gasteiger charge is -2.27. The van der Waals surface area contributed by atoms with E-state index in [1.54, 1.807) is 14.2 Å². The maximum atomic E-state index is 5.37. The first-order chi connectivity index (χ1) is 11.8. The van der Waals surface area contributed by atoms with E-state index >= 15 is 0 Å². The van der Waals surface area contributed by atoms with Gasteiger partial charge < -0.3 is 24.4 Å². The van der Waals surface area contributed by atoms with E-state index in [0.29, 0.717) is 6.54 Å². The Bertz CT molecular complexity index is 655. The number of morpholine rings is 1. The lowest BCUT2D eigenvalue weighted by atomic mass is 10.2. The van der Waals surface area contributed by atoms with Gasteiger partial charge in [0, 0.05) is 19.6 Å². The van der Waals surface area contributed by atoms with Gasteiger partial charge in [-0.2, -0.15) is 0 Å². The average Bonchev–Trinajstić information content (AvgIpc) is 2.67. The number of ether oxygens (including phenoxy) is 3. The number of nitrogens with one attached hydrogen (secondary N) is 1. The van der Waals surface area contributed by atoms with Gasteiger partial charge in [-0.1, -0.05) is 6.07 Å². The molecule has 2 heterocycles. The minimum absolute atomic E-state index is 0.693. The summed E-state index contributed by atoms with van der Waals surface area (Å²) in [5.74, 6) is 2.46. The first-order valence-corrected chi connectivity index (χ1v) is 8.03. The van der Waals surface area contributed by atoms with Crippen molar-refractivity contribution in [2.75, 3.05) is 50.7 Å². The maximum Gasteiger partial charge on any atom is 0.161 e. The first-order valence-electron chi connectivity index (χ1n) is 8.03. The zero-order chi connectivity index (χ0) is 16.8. The molecule has 1 saturated heterocycles. The molecule has 3 rings (SSSR count). The Kier molecular flexibility index (Phi) is 5.38. The molecule has 24 heavy (non-hydrogen) atoms. The van der Waals surface area contributed by atoms with E-state index in [9.17, 15) is 0 Å². The molecule has 0 spiro atoms. The van der Waals surface area contributed by atoms with Gasteiger partial charge in [0.25, 0.3) is 0 Å². The van der Waals surface area contributed by atoms with Gasteiger partial charge in [-0.25, -0.2) is 4.98 Å². The molecule has 0 bridgehead atoms. The van der Waals surface area contributed by atoms with Crippen LogP contribution in [0.1, 0.15) is 5.56 Å². The zero-order valence-corrected chi connectivity index (χ0v) is 14.1. The summed E-state index contributed by atoms with van der Waals surface area (Å²) in [5.41, 5.74) is 2.10. The summed E-state index contributed by atoms with van der Waals surface area (Å²) in [7, 11) is 3.28. The normalized spacial score (nSPS) is 14.3. The fourth-order valence-corrected chi connectivity index (χ4v) is 2.66. The Labute approximate surface area is 142 Å². The summed E-state index contributed by atoms with van der Waals surface area (Å²) < 4.78 is 16.0. The van der Waals surface area contributed by atoms with E-state index in [-0.39, 0.29) is 0 Å². The Hall–Kier alpha value is -2.47. The fraction of sp³-hybridized carbons (Fsp3) is 0.389. The molecular weight excluding hydrogens is 306 g/mol. The largest absolute Gasteiger partial charge is 0.493 e. The zero-order valence-electron chi connectivity index (χ0n) is 14.1. The van der Waals surface area contributed by atoms with Crippen molar-refractivity contribution >= 4 is 11.5 Å². The standard InChI is InChI=1S/C18H23N3O3/c1-22-16-5-3-14(11-17(16)23-2)12-19-15-4-6-18(20-13-15)21-7-9-24-10-8-21/h3-6,11,13,19H,7-10,12H2,1-2H3. The molecule has 1 aromatic heterocycles. The van der Waals surface area contributed by atoms with E-state index in [1.165, 1.54) is 0 Å². The van der Waals surface area contributed by atoms with Crippen LogP contribution in [0.5, 0.6) is 11.5 Å².